The highest BCUT2D eigenvalue weighted by Crippen LogP contribution is 2.38. The summed E-state index contributed by atoms with van der Waals surface area (Å²) < 4.78 is 29.1. The summed E-state index contributed by atoms with van der Waals surface area (Å²) in [6, 6.07) is 1.91. The Morgan fingerprint density at radius 3 is 2.52 bits per heavy atom. The molecule has 5 nitrogen and oxygen atoms in total. The lowest BCUT2D eigenvalue weighted by molar-refractivity contribution is 0.269. The Kier molecular flexibility index (Phi) is 4.33. The fourth-order valence-corrected chi connectivity index (χ4v) is 4.24. The molecule has 0 saturated heterocycles. The molecule has 1 saturated carbocycles. The third kappa shape index (κ3) is 3.22. The van der Waals surface area contributed by atoms with Gasteiger partial charge in [0.25, 0.3) is 0 Å². The number of aromatic nitrogens is 1. The van der Waals surface area contributed by atoms with E-state index in [9.17, 15) is 13.5 Å². The average Bonchev–Trinajstić information content (AvgIpc) is 3.13. The van der Waals surface area contributed by atoms with Gasteiger partial charge in [0.05, 0.1) is 6.61 Å². The van der Waals surface area contributed by atoms with Gasteiger partial charge in [-0.15, -0.1) is 6.58 Å². The lowest BCUT2D eigenvalue weighted by Gasteiger charge is -2.33. The van der Waals surface area contributed by atoms with Gasteiger partial charge in [-0.05, 0) is 39.7 Å². The first-order valence-corrected chi connectivity index (χ1v) is 8.61. The maximum absolute atomic E-state index is 12.9. The summed E-state index contributed by atoms with van der Waals surface area (Å²) >= 11 is 0. The molecule has 21 heavy (non-hydrogen) atoms. The minimum Gasteiger partial charge on any atom is -0.390 e. The maximum Gasteiger partial charge on any atom is 0.245 e. The summed E-state index contributed by atoms with van der Waals surface area (Å²) in [6.45, 7) is 9.34. The van der Waals surface area contributed by atoms with Gasteiger partial charge in [-0.25, -0.2) is 8.42 Å². The second kappa shape index (κ2) is 5.59. The van der Waals surface area contributed by atoms with E-state index < -0.39 is 15.6 Å². The zero-order valence-electron chi connectivity index (χ0n) is 12.9. The van der Waals surface area contributed by atoms with Gasteiger partial charge < -0.3 is 9.67 Å². The largest absolute Gasteiger partial charge is 0.390 e. The van der Waals surface area contributed by atoms with Crippen LogP contribution in [0, 0.1) is 0 Å². The van der Waals surface area contributed by atoms with Crippen molar-refractivity contribution in [1.29, 1.82) is 0 Å². The predicted octanol–water partition coefficient (Wildman–Crippen LogP) is 2.29. The molecule has 0 aromatic carbocycles. The van der Waals surface area contributed by atoms with Gasteiger partial charge in [0, 0.05) is 30.0 Å². The molecule has 0 amide bonds. The molecule has 0 aliphatic heterocycles. The van der Waals surface area contributed by atoms with Gasteiger partial charge in [-0.2, -0.15) is 4.31 Å². The van der Waals surface area contributed by atoms with Crippen LogP contribution in [0.25, 0.3) is 0 Å². The van der Waals surface area contributed by atoms with E-state index in [1.807, 2.05) is 25.3 Å². The van der Waals surface area contributed by atoms with Gasteiger partial charge in [0.1, 0.15) is 4.90 Å². The molecule has 1 aliphatic rings. The van der Waals surface area contributed by atoms with Crippen LogP contribution in [-0.4, -0.2) is 34.5 Å². The van der Waals surface area contributed by atoms with Gasteiger partial charge in [0.15, 0.2) is 0 Å². The van der Waals surface area contributed by atoms with Crippen LogP contribution in [-0.2, 0) is 16.6 Å². The van der Waals surface area contributed by atoms with Gasteiger partial charge in [-0.3, -0.25) is 0 Å². The van der Waals surface area contributed by atoms with Crippen LogP contribution in [0.3, 0.4) is 0 Å². The van der Waals surface area contributed by atoms with Gasteiger partial charge in [-0.1, -0.05) is 6.08 Å². The Morgan fingerprint density at radius 1 is 1.48 bits per heavy atom. The summed E-state index contributed by atoms with van der Waals surface area (Å²) in [5.41, 5.74) is 0.122. The van der Waals surface area contributed by atoms with Crippen molar-refractivity contribution in [3.05, 3.63) is 30.6 Å². The zero-order valence-corrected chi connectivity index (χ0v) is 13.7. The quantitative estimate of drug-likeness (QED) is 0.820. The van der Waals surface area contributed by atoms with E-state index in [2.05, 4.69) is 6.58 Å². The molecular formula is C15H24N2O3S. The molecule has 1 aliphatic carbocycles. The Balaban J connectivity index is 2.44. The van der Waals surface area contributed by atoms with Crippen LogP contribution in [0.4, 0.5) is 0 Å². The normalized spacial score (nSPS) is 16.4. The van der Waals surface area contributed by atoms with Crippen molar-refractivity contribution in [2.45, 2.75) is 56.7 Å². The molecule has 0 unspecified atom stereocenters. The van der Waals surface area contributed by atoms with Crippen LogP contribution in [0.5, 0.6) is 0 Å². The molecule has 0 bridgehead atoms. The van der Waals surface area contributed by atoms with Crippen molar-refractivity contribution < 1.29 is 13.5 Å². The molecule has 0 radical (unpaired) electrons. The standard InChI is InChI=1S/C15H24N2O3S/c1-5-8-17(15(2,3)4)21(19,20)14-9-13(11-18)16(10-14)12-6-7-12/h5,9-10,12,18H,1,6-8,11H2,2-4H3. The highest BCUT2D eigenvalue weighted by molar-refractivity contribution is 7.89. The number of rotatable bonds is 6. The Morgan fingerprint density at radius 2 is 2.10 bits per heavy atom. The second-order valence-corrected chi connectivity index (χ2v) is 8.32. The molecule has 6 heteroatoms. The fraction of sp³-hybridized carbons (Fsp3) is 0.600. The Labute approximate surface area is 126 Å². The average molecular weight is 312 g/mol. The first-order chi connectivity index (χ1) is 9.71. The van der Waals surface area contributed by atoms with E-state index in [1.54, 1.807) is 18.3 Å². The molecule has 1 heterocycles. The lowest BCUT2D eigenvalue weighted by Crippen LogP contribution is -2.45. The smallest absolute Gasteiger partial charge is 0.245 e. The number of aliphatic hydroxyl groups excluding tert-OH is 1. The van der Waals surface area contributed by atoms with Crippen molar-refractivity contribution >= 4 is 10.0 Å². The molecule has 1 aromatic rings. The fourth-order valence-electron chi connectivity index (χ4n) is 2.43. The summed E-state index contributed by atoms with van der Waals surface area (Å²) in [5.74, 6) is 0. The minimum absolute atomic E-state index is 0.150. The van der Waals surface area contributed by atoms with Crippen LogP contribution >= 0.6 is 0 Å². The van der Waals surface area contributed by atoms with Crippen LogP contribution in [0.15, 0.2) is 29.8 Å². The monoisotopic (exact) mass is 312 g/mol. The van der Waals surface area contributed by atoms with E-state index in [4.69, 9.17) is 0 Å². The molecule has 0 atom stereocenters. The Hall–Kier alpha value is -1.11. The van der Waals surface area contributed by atoms with Crippen molar-refractivity contribution in [2.75, 3.05) is 6.54 Å². The maximum atomic E-state index is 12.9. The van der Waals surface area contributed by atoms with Crippen LogP contribution in [0.1, 0.15) is 45.3 Å². The van der Waals surface area contributed by atoms with Crippen molar-refractivity contribution in [3.8, 4) is 0 Å². The van der Waals surface area contributed by atoms with Crippen LogP contribution < -0.4 is 0 Å². The SMILES string of the molecule is C=CCN(C(C)(C)C)S(=O)(=O)c1cc(CO)n(C2CC2)c1. The van der Waals surface area contributed by atoms with Gasteiger partial charge >= 0.3 is 0 Å². The third-order valence-corrected chi connectivity index (χ3v) is 5.74. The summed E-state index contributed by atoms with van der Waals surface area (Å²) in [6.07, 6.45) is 5.32. The van der Waals surface area contributed by atoms with E-state index in [0.717, 1.165) is 12.8 Å². The number of nitrogens with zero attached hydrogens (tertiary/aromatic N) is 2. The summed E-state index contributed by atoms with van der Waals surface area (Å²) in [4.78, 5) is 0.246. The van der Waals surface area contributed by atoms with Gasteiger partial charge in [0.2, 0.25) is 10.0 Å². The molecule has 1 N–H and O–H groups in total. The number of hydrogen-bond donors (Lipinski definition) is 1. The predicted molar refractivity (Wildman–Crippen MR) is 82.5 cm³/mol. The summed E-state index contributed by atoms with van der Waals surface area (Å²) in [5, 5.41) is 9.43. The molecule has 2 rings (SSSR count). The minimum atomic E-state index is -3.61. The van der Waals surface area contributed by atoms with Crippen molar-refractivity contribution in [3.63, 3.8) is 0 Å². The van der Waals surface area contributed by atoms with Crippen molar-refractivity contribution in [1.82, 2.24) is 8.87 Å². The number of aliphatic hydroxyl groups is 1. The van der Waals surface area contributed by atoms with Crippen molar-refractivity contribution in [2.24, 2.45) is 0 Å². The lowest BCUT2D eigenvalue weighted by atomic mass is 10.1. The highest BCUT2D eigenvalue weighted by Gasteiger charge is 2.35. The molecule has 1 aromatic heterocycles. The zero-order chi connectivity index (χ0) is 15.8. The highest BCUT2D eigenvalue weighted by atomic mass is 32.2. The number of hydrogen-bond acceptors (Lipinski definition) is 3. The third-order valence-electron chi connectivity index (χ3n) is 3.64. The molecular weight excluding hydrogens is 288 g/mol. The van der Waals surface area contributed by atoms with Crippen LogP contribution in [0.2, 0.25) is 0 Å². The summed E-state index contributed by atoms with van der Waals surface area (Å²) in [7, 11) is -3.61. The van der Waals surface area contributed by atoms with E-state index in [-0.39, 0.29) is 18.0 Å². The second-order valence-electron chi connectivity index (χ2n) is 6.46. The Bertz CT molecular complexity index is 622. The topological polar surface area (TPSA) is 62.5 Å². The number of sulfonamides is 1. The van der Waals surface area contributed by atoms with E-state index in [1.165, 1.54) is 4.31 Å². The van der Waals surface area contributed by atoms with E-state index in [0.29, 0.717) is 11.7 Å². The first-order valence-electron chi connectivity index (χ1n) is 7.17. The first kappa shape index (κ1) is 16.3. The molecule has 1 fully saturated rings. The van der Waals surface area contributed by atoms with E-state index >= 15 is 0 Å². The molecule has 0 spiro atoms. The molecule has 118 valence electrons.